The van der Waals surface area contributed by atoms with Crippen molar-refractivity contribution in [2.45, 2.75) is 26.6 Å². The van der Waals surface area contributed by atoms with Crippen LogP contribution < -0.4 is 5.32 Å². The van der Waals surface area contributed by atoms with Gasteiger partial charge in [0.05, 0.1) is 5.69 Å². The zero-order chi connectivity index (χ0) is 15.9. The first-order valence-corrected chi connectivity index (χ1v) is 6.78. The molecule has 1 aliphatic heterocycles. The molecule has 1 aromatic heterocycles. The van der Waals surface area contributed by atoms with Crippen LogP contribution in [0.4, 0.5) is 5.69 Å². The molecule has 0 radical (unpaired) electrons. The standard InChI is InChI=1S/C16H15NO5/c1-9-7-10-5-4-6-12(13(10)20-9)17-8-11-14(18)21-16(2,3)22-15(11)19/h4-8,17H,1-3H3. The van der Waals surface area contributed by atoms with Crippen molar-refractivity contribution in [3.05, 3.63) is 41.8 Å². The first kappa shape index (κ1) is 14.2. The molecule has 0 unspecified atom stereocenters. The van der Waals surface area contributed by atoms with Gasteiger partial charge >= 0.3 is 11.9 Å². The number of ether oxygens (including phenoxy) is 2. The Bertz CT molecular complexity index is 778. The van der Waals surface area contributed by atoms with E-state index in [0.717, 1.165) is 11.1 Å². The van der Waals surface area contributed by atoms with Gasteiger partial charge in [0.1, 0.15) is 5.76 Å². The number of anilines is 1. The number of para-hydroxylation sites is 1. The van der Waals surface area contributed by atoms with E-state index < -0.39 is 17.7 Å². The molecular formula is C16H15NO5. The molecule has 1 fully saturated rings. The number of furan rings is 1. The summed E-state index contributed by atoms with van der Waals surface area (Å²) < 4.78 is 15.6. The highest BCUT2D eigenvalue weighted by atomic mass is 16.7. The minimum Gasteiger partial charge on any atom is -0.459 e. The minimum absolute atomic E-state index is 0.195. The third-order valence-corrected chi connectivity index (χ3v) is 3.16. The van der Waals surface area contributed by atoms with Crippen LogP contribution in [0.3, 0.4) is 0 Å². The topological polar surface area (TPSA) is 77.8 Å². The summed E-state index contributed by atoms with van der Waals surface area (Å²) >= 11 is 0. The van der Waals surface area contributed by atoms with Crippen LogP contribution in [0.5, 0.6) is 0 Å². The van der Waals surface area contributed by atoms with Crippen molar-refractivity contribution in [3.63, 3.8) is 0 Å². The van der Waals surface area contributed by atoms with Gasteiger partial charge in [-0.25, -0.2) is 9.59 Å². The number of esters is 2. The highest BCUT2D eigenvalue weighted by molar-refractivity contribution is 6.15. The van der Waals surface area contributed by atoms with Crippen LogP contribution >= 0.6 is 0 Å². The van der Waals surface area contributed by atoms with Crippen molar-refractivity contribution in [1.82, 2.24) is 0 Å². The number of carbonyl (C=O) groups is 2. The van der Waals surface area contributed by atoms with E-state index in [0.29, 0.717) is 11.3 Å². The van der Waals surface area contributed by atoms with Crippen molar-refractivity contribution >= 4 is 28.6 Å². The quantitative estimate of drug-likeness (QED) is 0.522. The molecule has 3 rings (SSSR count). The lowest BCUT2D eigenvalue weighted by Crippen LogP contribution is -2.42. The zero-order valence-corrected chi connectivity index (χ0v) is 12.4. The number of aryl methyl sites for hydroxylation is 1. The molecule has 22 heavy (non-hydrogen) atoms. The van der Waals surface area contributed by atoms with Crippen LogP contribution in [0, 0.1) is 6.92 Å². The summed E-state index contributed by atoms with van der Waals surface area (Å²) in [5, 5.41) is 3.83. The SMILES string of the molecule is Cc1cc2cccc(NC=C3C(=O)OC(C)(C)OC3=O)c2o1. The molecular weight excluding hydrogens is 286 g/mol. The number of carbonyl (C=O) groups excluding carboxylic acids is 2. The lowest BCUT2D eigenvalue weighted by Gasteiger charge is -2.29. The molecule has 2 aromatic rings. The van der Waals surface area contributed by atoms with Crippen molar-refractivity contribution in [2.75, 3.05) is 5.32 Å². The van der Waals surface area contributed by atoms with Gasteiger partial charge in [0.25, 0.3) is 5.79 Å². The third kappa shape index (κ3) is 2.55. The average molecular weight is 301 g/mol. The van der Waals surface area contributed by atoms with Gasteiger partial charge in [0.2, 0.25) is 0 Å². The van der Waals surface area contributed by atoms with E-state index in [-0.39, 0.29) is 5.57 Å². The van der Waals surface area contributed by atoms with Crippen molar-refractivity contribution in [1.29, 1.82) is 0 Å². The van der Waals surface area contributed by atoms with Gasteiger partial charge < -0.3 is 19.2 Å². The predicted octanol–water partition coefficient (Wildman–Crippen LogP) is 2.87. The number of hydrogen-bond donors (Lipinski definition) is 1. The number of fused-ring (bicyclic) bond motifs is 1. The van der Waals surface area contributed by atoms with Crippen LogP contribution in [-0.2, 0) is 19.1 Å². The van der Waals surface area contributed by atoms with Gasteiger partial charge in [-0.15, -0.1) is 0 Å². The summed E-state index contributed by atoms with van der Waals surface area (Å²) in [6.07, 6.45) is 1.27. The molecule has 1 N–H and O–H groups in total. The Labute approximate surface area is 126 Å². The van der Waals surface area contributed by atoms with E-state index in [1.807, 2.05) is 25.1 Å². The van der Waals surface area contributed by atoms with E-state index >= 15 is 0 Å². The molecule has 0 atom stereocenters. The Morgan fingerprint density at radius 2 is 1.82 bits per heavy atom. The Morgan fingerprint density at radius 1 is 1.14 bits per heavy atom. The maximum absolute atomic E-state index is 11.9. The smallest absolute Gasteiger partial charge is 0.350 e. The second kappa shape index (κ2) is 4.91. The van der Waals surface area contributed by atoms with E-state index in [1.54, 1.807) is 6.07 Å². The van der Waals surface area contributed by atoms with E-state index in [2.05, 4.69) is 5.32 Å². The molecule has 6 nitrogen and oxygen atoms in total. The van der Waals surface area contributed by atoms with Gasteiger partial charge in [-0.3, -0.25) is 0 Å². The van der Waals surface area contributed by atoms with Gasteiger partial charge in [-0.1, -0.05) is 12.1 Å². The summed E-state index contributed by atoms with van der Waals surface area (Å²) in [7, 11) is 0. The number of hydrogen-bond acceptors (Lipinski definition) is 6. The summed E-state index contributed by atoms with van der Waals surface area (Å²) in [6.45, 7) is 4.85. The molecule has 0 aliphatic carbocycles. The Hall–Kier alpha value is -2.76. The lowest BCUT2D eigenvalue weighted by molar-refractivity contribution is -0.222. The highest BCUT2D eigenvalue weighted by Crippen LogP contribution is 2.27. The van der Waals surface area contributed by atoms with E-state index in [1.165, 1.54) is 20.0 Å². The van der Waals surface area contributed by atoms with Gasteiger partial charge in [-0.2, -0.15) is 0 Å². The Balaban J connectivity index is 1.90. The molecule has 0 spiro atoms. The fraction of sp³-hybridized carbons (Fsp3) is 0.250. The second-order valence-corrected chi connectivity index (χ2v) is 5.46. The lowest BCUT2D eigenvalue weighted by atomic mass is 10.2. The monoisotopic (exact) mass is 301 g/mol. The molecule has 0 saturated carbocycles. The minimum atomic E-state index is -1.25. The Morgan fingerprint density at radius 3 is 2.50 bits per heavy atom. The van der Waals surface area contributed by atoms with Crippen LogP contribution in [0.25, 0.3) is 11.0 Å². The van der Waals surface area contributed by atoms with Gasteiger partial charge in [0.15, 0.2) is 11.2 Å². The molecule has 1 aromatic carbocycles. The van der Waals surface area contributed by atoms with Crippen LogP contribution in [0.15, 0.2) is 40.5 Å². The van der Waals surface area contributed by atoms with E-state index in [4.69, 9.17) is 13.9 Å². The normalized spacial score (nSPS) is 17.1. The summed E-state index contributed by atoms with van der Waals surface area (Å²) in [4.78, 5) is 23.7. The average Bonchev–Trinajstić information content (AvgIpc) is 2.77. The molecule has 2 heterocycles. The van der Waals surface area contributed by atoms with Gasteiger partial charge in [-0.05, 0) is 19.1 Å². The number of cyclic esters (lactones) is 2. The maximum atomic E-state index is 11.9. The number of benzene rings is 1. The molecule has 114 valence electrons. The molecule has 1 aliphatic rings. The van der Waals surface area contributed by atoms with Gasteiger partial charge in [0, 0.05) is 25.4 Å². The highest BCUT2D eigenvalue weighted by Gasteiger charge is 2.38. The second-order valence-electron chi connectivity index (χ2n) is 5.46. The molecule has 1 saturated heterocycles. The van der Waals surface area contributed by atoms with Crippen molar-refractivity contribution in [3.8, 4) is 0 Å². The largest absolute Gasteiger partial charge is 0.459 e. The molecule has 6 heteroatoms. The fourth-order valence-corrected chi connectivity index (χ4v) is 2.23. The predicted molar refractivity (Wildman–Crippen MR) is 78.9 cm³/mol. The maximum Gasteiger partial charge on any atom is 0.350 e. The summed E-state index contributed by atoms with van der Waals surface area (Å²) in [6, 6.07) is 7.44. The first-order valence-electron chi connectivity index (χ1n) is 6.78. The molecule has 0 bridgehead atoms. The third-order valence-electron chi connectivity index (χ3n) is 3.16. The number of nitrogens with one attached hydrogen (secondary N) is 1. The fourth-order valence-electron chi connectivity index (χ4n) is 2.23. The van der Waals surface area contributed by atoms with Crippen molar-refractivity contribution in [2.24, 2.45) is 0 Å². The van der Waals surface area contributed by atoms with E-state index in [9.17, 15) is 9.59 Å². The summed E-state index contributed by atoms with van der Waals surface area (Å²) in [5.41, 5.74) is 1.10. The Kier molecular flexibility index (Phi) is 3.16. The van der Waals surface area contributed by atoms with Crippen LogP contribution in [0.2, 0.25) is 0 Å². The van der Waals surface area contributed by atoms with Crippen LogP contribution in [0.1, 0.15) is 19.6 Å². The van der Waals surface area contributed by atoms with Crippen molar-refractivity contribution < 1.29 is 23.5 Å². The molecule has 0 amide bonds. The zero-order valence-electron chi connectivity index (χ0n) is 12.4. The van der Waals surface area contributed by atoms with Crippen LogP contribution in [-0.4, -0.2) is 17.7 Å². The first-order chi connectivity index (χ1) is 10.4. The summed E-state index contributed by atoms with van der Waals surface area (Å²) in [5.74, 6) is -1.92. The number of rotatable bonds is 2.